The van der Waals surface area contributed by atoms with Gasteiger partial charge in [-0.15, -0.1) is 5.10 Å². The standard InChI is InChI=1S/C14H11N5O/c1-9(20)10-4-2-5-11(8-10)12-6-3-7-13(15-12)14-16-18-19-17-14/h2-8H,1H3,(H,16,17,18,19). The smallest absolute Gasteiger partial charge is 0.198 e. The summed E-state index contributed by atoms with van der Waals surface area (Å²) in [6, 6.07) is 12.9. The summed E-state index contributed by atoms with van der Waals surface area (Å²) in [4.78, 5) is 15.9. The third-order valence-electron chi connectivity index (χ3n) is 2.90. The van der Waals surface area contributed by atoms with Gasteiger partial charge in [0.1, 0.15) is 5.69 Å². The van der Waals surface area contributed by atoms with Crippen LogP contribution in [0.5, 0.6) is 0 Å². The number of ketones is 1. The highest BCUT2D eigenvalue weighted by molar-refractivity contribution is 5.95. The van der Waals surface area contributed by atoms with Gasteiger partial charge in [0, 0.05) is 11.1 Å². The third kappa shape index (κ3) is 2.31. The normalized spacial score (nSPS) is 10.4. The molecule has 6 heteroatoms. The molecule has 0 radical (unpaired) electrons. The van der Waals surface area contributed by atoms with Crippen molar-refractivity contribution >= 4 is 5.78 Å². The van der Waals surface area contributed by atoms with Crippen molar-refractivity contribution in [2.24, 2.45) is 0 Å². The van der Waals surface area contributed by atoms with Gasteiger partial charge in [-0.3, -0.25) is 4.79 Å². The molecule has 1 aromatic carbocycles. The number of aromatic nitrogens is 5. The van der Waals surface area contributed by atoms with Gasteiger partial charge < -0.3 is 0 Å². The molecule has 3 aromatic rings. The SMILES string of the molecule is CC(=O)c1cccc(-c2cccc(-c3nnn[nH]3)n2)c1. The van der Waals surface area contributed by atoms with E-state index >= 15 is 0 Å². The van der Waals surface area contributed by atoms with Crippen LogP contribution in [0.15, 0.2) is 42.5 Å². The van der Waals surface area contributed by atoms with Crippen LogP contribution in [0.3, 0.4) is 0 Å². The molecule has 0 aliphatic carbocycles. The quantitative estimate of drug-likeness (QED) is 0.733. The van der Waals surface area contributed by atoms with E-state index in [-0.39, 0.29) is 5.78 Å². The van der Waals surface area contributed by atoms with Crippen molar-refractivity contribution in [3.05, 3.63) is 48.0 Å². The fourth-order valence-electron chi connectivity index (χ4n) is 1.89. The van der Waals surface area contributed by atoms with Gasteiger partial charge in [0.2, 0.25) is 0 Å². The first kappa shape index (κ1) is 12.2. The molecule has 1 N–H and O–H groups in total. The summed E-state index contributed by atoms with van der Waals surface area (Å²) >= 11 is 0. The van der Waals surface area contributed by atoms with Gasteiger partial charge in [-0.1, -0.05) is 24.3 Å². The van der Waals surface area contributed by atoms with Crippen LogP contribution in [0.1, 0.15) is 17.3 Å². The number of H-pyrrole nitrogens is 1. The highest BCUT2D eigenvalue weighted by atomic mass is 16.1. The zero-order valence-corrected chi connectivity index (χ0v) is 10.7. The maximum atomic E-state index is 11.4. The van der Waals surface area contributed by atoms with Crippen molar-refractivity contribution < 1.29 is 4.79 Å². The van der Waals surface area contributed by atoms with Crippen molar-refractivity contribution in [3.8, 4) is 22.8 Å². The van der Waals surface area contributed by atoms with Gasteiger partial charge in [-0.05, 0) is 35.5 Å². The number of carbonyl (C=O) groups excluding carboxylic acids is 1. The molecule has 0 atom stereocenters. The number of hydrogen-bond donors (Lipinski definition) is 1. The maximum absolute atomic E-state index is 11.4. The molecule has 0 aliphatic rings. The molecule has 2 heterocycles. The molecule has 0 fully saturated rings. The predicted octanol–water partition coefficient (Wildman–Crippen LogP) is 2.13. The fourth-order valence-corrected chi connectivity index (χ4v) is 1.89. The molecule has 0 bridgehead atoms. The van der Waals surface area contributed by atoms with Crippen LogP contribution in [0, 0.1) is 0 Å². The van der Waals surface area contributed by atoms with Gasteiger partial charge in [0.25, 0.3) is 0 Å². The Kier molecular flexibility index (Phi) is 3.04. The van der Waals surface area contributed by atoms with E-state index in [1.807, 2.05) is 36.4 Å². The molecule has 0 aliphatic heterocycles. The average molecular weight is 265 g/mol. The number of Topliss-reactive ketones (excluding diaryl/α,β-unsaturated/α-hetero) is 1. The van der Waals surface area contributed by atoms with E-state index in [0.717, 1.165) is 11.3 Å². The number of pyridine rings is 1. The Balaban J connectivity index is 2.04. The molecule has 0 unspecified atom stereocenters. The molecule has 2 aromatic heterocycles. The van der Waals surface area contributed by atoms with Crippen LogP contribution in [0.2, 0.25) is 0 Å². The van der Waals surface area contributed by atoms with Crippen molar-refractivity contribution in [2.45, 2.75) is 6.92 Å². The summed E-state index contributed by atoms with van der Waals surface area (Å²) in [7, 11) is 0. The Labute approximate surface area is 114 Å². The first-order chi connectivity index (χ1) is 9.74. The van der Waals surface area contributed by atoms with E-state index < -0.39 is 0 Å². The van der Waals surface area contributed by atoms with E-state index in [1.165, 1.54) is 0 Å². The van der Waals surface area contributed by atoms with Crippen LogP contribution in [0.25, 0.3) is 22.8 Å². The lowest BCUT2D eigenvalue weighted by molar-refractivity contribution is 0.101. The van der Waals surface area contributed by atoms with E-state index in [4.69, 9.17) is 0 Å². The molecule has 0 saturated carbocycles. The molecular weight excluding hydrogens is 254 g/mol. The molecule has 0 spiro atoms. The Morgan fingerprint density at radius 3 is 2.65 bits per heavy atom. The van der Waals surface area contributed by atoms with E-state index in [0.29, 0.717) is 17.1 Å². The monoisotopic (exact) mass is 265 g/mol. The molecule has 0 saturated heterocycles. The highest BCUT2D eigenvalue weighted by Gasteiger charge is 2.07. The number of tetrazole rings is 1. The zero-order valence-electron chi connectivity index (χ0n) is 10.7. The summed E-state index contributed by atoms with van der Waals surface area (Å²) in [6.45, 7) is 1.54. The topological polar surface area (TPSA) is 84.4 Å². The number of nitrogens with zero attached hydrogens (tertiary/aromatic N) is 4. The zero-order chi connectivity index (χ0) is 13.9. The molecular formula is C14H11N5O. The summed E-state index contributed by atoms with van der Waals surface area (Å²) in [5, 5.41) is 13.6. The second kappa shape index (κ2) is 5.00. The predicted molar refractivity (Wildman–Crippen MR) is 72.8 cm³/mol. The lowest BCUT2D eigenvalue weighted by Crippen LogP contribution is -1.94. The number of carbonyl (C=O) groups is 1. The van der Waals surface area contributed by atoms with E-state index in [2.05, 4.69) is 25.6 Å². The van der Waals surface area contributed by atoms with Crippen molar-refractivity contribution in [2.75, 3.05) is 0 Å². The maximum Gasteiger partial charge on any atom is 0.198 e. The minimum absolute atomic E-state index is 0.0300. The van der Waals surface area contributed by atoms with Crippen molar-refractivity contribution in [3.63, 3.8) is 0 Å². The first-order valence-electron chi connectivity index (χ1n) is 6.06. The number of rotatable bonds is 3. The van der Waals surface area contributed by atoms with E-state index in [1.54, 1.807) is 13.0 Å². The minimum atomic E-state index is 0.0300. The Bertz CT molecular complexity index is 752. The van der Waals surface area contributed by atoms with Crippen LogP contribution >= 0.6 is 0 Å². The molecule has 98 valence electrons. The van der Waals surface area contributed by atoms with Gasteiger partial charge in [-0.25, -0.2) is 10.1 Å². The highest BCUT2D eigenvalue weighted by Crippen LogP contribution is 2.21. The number of benzene rings is 1. The Morgan fingerprint density at radius 1 is 1.10 bits per heavy atom. The molecule has 20 heavy (non-hydrogen) atoms. The number of aromatic amines is 1. The van der Waals surface area contributed by atoms with E-state index in [9.17, 15) is 4.79 Å². The summed E-state index contributed by atoms with van der Waals surface area (Å²) in [5.74, 6) is 0.539. The Morgan fingerprint density at radius 2 is 1.90 bits per heavy atom. The van der Waals surface area contributed by atoms with Crippen LogP contribution in [-0.2, 0) is 0 Å². The minimum Gasteiger partial charge on any atom is -0.295 e. The van der Waals surface area contributed by atoms with Crippen LogP contribution in [0.4, 0.5) is 0 Å². The summed E-state index contributed by atoms with van der Waals surface area (Å²) in [6.07, 6.45) is 0. The summed E-state index contributed by atoms with van der Waals surface area (Å²) < 4.78 is 0. The van der Waals surface area contributed by atoms with Crippen molar-refractivity contribution in [1.29, 1.82) is 0 Å². The van der Waals surface area contributed by atoms with Crippen LogP contribution < -0.4 is 0 Å². The van der Waals surface area contributed by atoms with Crippen molar-refractivity contribution in [1.82, 2.24) is 25.6 Å². The molecule has 3 rings (SSSR count). The average Bonchev–Trinajstić information content (AvgIpc) is 3.02. The fraction of sp³-hybridized carbons (Fsp3) is 0.0714. The second-order valence-electron chi connectivity index (χ2n) is 4.29. The lowest BCUT2D eigenvalue weighted by atomic mass is 10.1. The largest absolute Gasteiger partial charge is 0.295 e. The molecule has 0 amide bonds. The van der Waals surface area contributed by atoms with Gasteiger partial charge >= 0.3 is 0 Å². The number of nitrogens with one attached hydrogen (secondary N) is 1. The first-order valence-corrected chi connectivity index (χ1v) is 6.06. The molecule has 6 nitrogen and oxygen atoms in total. The van der Waals surface area contributed by atoms with Gasteiger partial charge in [0.15, 0.2) is 11.6 Å². The van der Waals surface area contributed by atoms with Gasteiger partial charge in [-0.2, -0.15) is 0 Å². The lowest BCUT2D eigenvalue weighted by Gasteiger charge is -2.04. The number of hydrogen-bond acceptors (Lipinski definition) is 5. The van der Waals surface area contributed by atoms with Crippen LogP contribution in [-0.4, -0.2) is 31.4 Å². The second-order valence-corrected chi connectivity index (χ2v) is 4.29. The third-order valence-corrected chi connectivity index (χ3v) is 2.90. The summed E-state index contributed by atoms with van der Waals surface area (Å²) in [5.41, 5.74) is 2.96. The Hall–Kier alpha value is -2.89. The van der Waals surface area contributed by atoms with Gasteiger partial charge in [0.05, 0.1) is 5.69 Å².